The van der Waals surface area contributed by atoms with Crippen molar-refractivity contribution in [3.05, 3.63) is 60.2 Å². The second-order valence-electron chi connectivity index (χ2n) is 4.25. The molecule has 0 spiro atoms. The molecule has 0 atom stereocenters. The highest BCUT2D eigenvalue weighted by atomic mass is 19.1. The monoisotopic (exact) mass is 270 g/mol. The molecule has 0 aliphatic carbocycles. The number of hydrogen-bond donors (Lipinski definition) is 2. The number of nitrogens with two attached hydrogens (primary N) is 1. The summed E-state index contributed by atoms with van der Waals surface area (Å²) in [6.45, 7) is 0. The lowest BCUT2D eigenvalue weighted by molar-refractivity contribution is 0.318. The Kier molecular flexibility index (Phi) is 2.83. The molecular weight excluding hydrogens is 259 g/mol. The molecular formula is C14H11FN4O. The van der Waals surface area contributed by atoms with Crippen LogP contribution in [0, 0.1) is 5.82 Å². The lowest BCUT2D eigenvalue weighted by Gasteiger charge is -2.10. The number of rotatable bonds is 2. The summed E-state index contributed by atoms with van der Waals surface area (Å²) < 4.78 is 15.1. The average Bonchev–Trinajstić information content (AvgIpc) is 2.90. The molecule has 1 heterocycles. The summed E-state index contributed by atoms with van der Waals surface area (Å²) in [5.41, 5.74) is 8.17. The number of nitrogens with zero attached hydrogens (tertiary/aromatic N) is 3. The fourth-order valence-corrected chi connectivity index (χ4v) is 2.13. The van der Waals surface area contributed by atoms with E-state index in [1.54, 1.807) is 17.0 Å². The van der Waals surface area contributed by atoms with Gasteiger partial charge in [-0.2, -0.15) is 0 Å². The number of oxime groups is 1. The van der Waals surface area contributed by atoms with Gasteiger partial charge in [-0.25, -0.2) is 9.37 Å². The summed E-state index contributed by atoms with van der Waals surface area (Å²) in [6, 6.07) is 11.6. The van der Waals surface area contributed by atoms with E-state index in [2.05, 4.69) is 10.1 Å². The SMILES string of the molecule is NC(=NO)c1cc(F)ccc1-n1cnc2ccccc21. The Morgan fingerprint density at radius 1 is 1.25 bits per heavy atom. The van der Waals surface area contributed by atoms with Gasteiger partial charge in [0.1, 0.15) is 12.1 Å². The molecule has 1 aromatic heterocycles. The first kappa shape index (κ1) is 12.2. The highest BCUT2D eigenvalue weighted by Crippen LogP contribution is 2.21. The van der Waals surface area contributed by atoms with Crippen molar-refractivity contribution < 1.29 is 9.60 Å². The van der Waals surface area contributed by atoms with Gasteiger partial charge in [0, 0.05) is 5.56 Å². The summed E-state index contributed by atoms with van der Waals surface area (Å²) in [5.74, 6) is -0.614. The maximum atomic E-state index is 13.4. The number of imidazole rings is 1. The Labute approximate surface area is 113 Å². The van der Waals surface area contributed by atoms with E-state index in [1.807, 2.05) is 24.3 Å². The Morgan fingerprint density at radius 2 is 2.05 bits per heavy atom. The van der Waals surface area contributed by atoms with E-state index < -0.39 is 5.82 Å². The summed E-state index contributed by atoms with van der Waals surface area (Å²) >= 11 is 0. The molecule has 0 bridgehead atoms. The van der Waals surface area contributed by atoms with E-state index in [4.69, 9.17) is 10.9 Å². The Bertz CT molecular complexity index is 810. The van der Waals surface area contributed by atoms with Gasteiger partial charge in [-0.15, -0.1) is 0 Å². The van der Waals surface area contributed by atoms with Crippen molar-refractivity contribution in [1.29, 1.82) is 0 Å². The van der Waals surface area contributed by atoms with E-state index in [0.717, 1.165) is 11.0 Å². The van der Waals surface area contributed by atoms with Crippen LogP contribution >= 0.6 is 0 Å². The van der Waals surface area contributed by atoms with E-state index in [0.29, 0.717) is 11.3 Å². The molecule has 3 rings (SSSR count). The second-order valence-corrected chi connectivity index (χ2v) is 4.25. The van der Waals surface area contributed by atoms with Crippen molar-refractivity contribution in [2.75, 3.05) is 0 Å². The van der Waals surface area contributed by atoms with Crippen LogP contribution in [0.5, 0.6) is 0 Å². The summed E-state index contributed by atoms with van der Waals surface area (Å²) in [4.78, 5) is 4.27. The number of hydrogen-bond acceptors (Lipinski definition) is 3. The molecule has 0 saturated heterocycles. The quantitative estimate of drug-likeness (QED) is 0.324. The van der Waals surface area contributed by atoms with Crippen LogP contribution in [0.25, 0.3) is 16.7 Å². The van der Waals surface area contributed by atoms with Gasteiger partial charge >= 0.3 is 0 Å². The molecule has 0 radical (unpaired) electrons. The van der Waals surface area contributed by atoms with Crippen molar-refractivity contribution in [1.82, 2.24) is 9.55 Å². The molecule has 5 nitrogen and oxygen atoms in total. The van der Waals surface area contributed by atoms with Gasteiger partial charge in [0.15, 0.2) is 5.84 Å². The Hall–Kier alpha value is -2.89. The first-order valence-electron chi connectivity index (χ1n) is 5.90. The molecule has 0 unspecified atom stereocenters. The van der Waals surface area contributed by atoms with Crippen LogP contribution in [-0.2, 0) is 0 Å². The molecule has 100 valence electrons. The molecule has 3 N–H and O–H groups in total. The third-order valence-corrected chi connectivity index (χ3v) is 3.06. The van der Waals surface area contributed by atoms with Gasteiger partial charge in [0.05, 0.1) is 16.7 Å². The van der Waals surface area contributed by atoms with Crippen LogP contribution in [0.3, 0.4) is 0 Å². The zero-order chi connectivity index (χ0) is 14.1. The summed E-state index contributed by atoms with van der Waals surface area (Å²) in [5, 5.41) is 11.8. The van der Waals surface area contributed by atoms with Gasteiger partial charge in [0.25, 0.3) is 0 Å². The fourth-order valence-electron chi connectivity index (χ4n) is 2.13. The van der Waals surface area contributed by atoms with Gasteiger partial charge in [-0.3, -0.25) is 4.57 Å². The summed E-state index contributed by atoms with van der Waals surface area (Å²) in [7, 11) is 0. The standard InChI is InChI=1S/C14H11FN4O/c15-9-5-6-12(10(7-9)14(16)18-20)19-8-17-11-3-1-2-4-13(11)19/h1-8,20H,(H2,16,18). The molecule has 0 aliphatic heterocycles. The Morgan fingerprint density at radius 3 is 2.85 bits per heavy atom. The minimum atomic E-state index is -0.459. The smallest absolute Gasteiger partial charge is 0.172 e. The van der Waals surface area contributed by atoms with Gasteiger partial charge < -0.3 is 10.9 Å². The molecule has 6 heteroatoms. The van der Waals surface area contributed by atoms with Crippen LogP contribution in [0.15, 0.2) is 53.9 Å². The second kappa shape index (κ2) is 4.65. The van der Waals surface area contributed by atoms with Crippen LogP contribution in [0.4, 0.5) is 4.39 Å². The van der Waals surface area contributed by atoms with Crippen molar-refractivity contribution in [2.24, 2.45) is 10.9 Å². The highest BCUT2D eigenvalue weighted by Gasteiger charge is 2.12. The van der Waals surface area contributed by atoms with E-state index >= 15 is 0 Å². The molecule has 2 aromatic carbocycles. The van der Waals surface area contributed by atoms with Crippen LogP contribution in [-0.4, -0.2) is 20.6 Å². The lowest BCUT2D eigenvalue weighted by Crippen LogP contribution is -2.16. The van der Waals surface area contributed by atoms with E-state index in [-0.39, 0.29) is 5.84 Å². The number of para-hydroxylation sites is 2. The normalized spacial score (nSPS) is 11.9. The fraction of sp³-hybridized carbons (Fsp3) is 0. The van der Waals surface area contributed by atoms with E-state index in [1.165, 1.54) is 12.1 Å². The first-order valence-corrected chi connectivity index (χ1v) is 5.90. The zero-order valence-electron chi connectivity index (χ0n) is 10.4. The molecule has 0 fully saturated rings. The van der Waals surface area contributed by atoms with Gasteiger partial charge in [-0.05, 0) is 30.3 Å². The Balaban J connectivity index is 2.29. The van der Waals surface area contributed by atoms with Gasteiger partial charge in [-0.1, -0.05) is 17.3 Å². The topological polar surface area (TPSA) is 76.4 Å². The number of benzene rings is 2. The summed E-state index contributed by atoms with van der Waals surface area (Å²) in [6.07, 6.45) is 1.62. The van der Waals surface area contributed by atoms with Crippen molar-refractivity contribution in [2.45, 2.75) is 0 Å². The minimum absolute atomic E-state index is 0.155. The maximum Gasteiger partial charge on any atom is 0.172 e. The molecule has 0 aliphatic rings. The molecule has 20 heavy (non-hydrogen) atoms. The number of halogens is 1. The first-order chi connectivity index (χ1) is 9.70. The van der Waals surface area contributed by atoms with Crippen molar-refractivity contribution in [3.63, 3.8) is 0 Å². The van der Waals surface area contributed by atoms with Crippen molar-refractivity contribution in [3.8, 4) is 5.69 Å². The van der Waals surface area contributed by atoms with Crippen LogP contribution < -0.4 is 5.73 Å². The van der Waals surface area contributed by atoms with Gasteiger partial charge in [0.2, 0.25) is 0 Å². The van der Waals surface area contributed by atoms with Crippen LogP contribution in [0.1, 0.15) is 5.56 Å². The third-order valence-electron chi connectivity index (χ3n) is 3.06. The maximum absolute atomic E-state index is 13.4. The van der Waals surface area contributed by atoms with Crippen LogP contribution in [0.2, 0.25) is 0 Å². The number of aromatic nitrogens is 2. The number of amidine groups is 1. The predicted octanol–water partition coefficient (Wildman–Crippen LogP) is 2.26. The largest absolute Gasteiger partial charge is 0.409 e. The van der Waals surface area contributed by atoms with Crippen molar-refractivity contribution >= 4 is 16.9 Å². The average molecular weight is 270 g/mol. The zero-order valence-corrected chi connectivity index (χ0v) is 10.4. The molecule has 0 amide bonds. The van der Waals surface area contributed by atoms with E-state index in [9.17, 15) is 4.39 Å². The number of fused-ring (bicyclic) bond motifs is 1. The lowest BCUT2D eigenvalue weighted by atomic mass is 10.1. The predicted molar refractivity (Wildman–Crippen MR) is 73.5 cm³/mol. The molecule has 0 saturated carbocycles. The highest BCUT2D eigenvalue weighted by molar-refractivity contribution is 6.01. The minimum Gasteiger partial charge on any atom is -0.409 e. The molecule has 3 aromatic rings. The third kappa shape index (κ3) is 1.87.